The summed E-state index contributed by atoms with van der Waals surface area (Å²) in [7, 11) is 0. The molecule has 53 heavy (non-hydrogen) atoms. The van der Waals surface area contributed by atoms with Gasteiger partial charge in [0, 0.05) is 43.2 Å². The first-order valence-corrected chi connectivity index (χ1v) is 16.3. The molecule has 290 valence electrons. The lowest BCUT2D eigenvalue weighted by atomic mass is 10.1. The maximum atomic E-state index is 13.6. The van der Waals surface area contributed by atoms with Gasteiger partial charge in [0.05, 0.1) is 32.3 Å². The molecule has 23 nitrogen and oxygen atoms in total. The summed E-state index contributed by atoms with van der Waals surface area (Å²) in [4.78, 5) is 116. The fraction of sp³-hybridized carbons (Fsp3) is 0.533. The average molecular weight is 750 g/mol. The summed E-state index contributed by atoms with van der Waals surface area (Å²) in [6, 6.07) is -9.90. The second-order valence-electron chi connectivity index (χ2n) is 12.1. The number of hydrogen-bond acceptors (Lipinski definition) is 13. The summed E-state index contributed by atoms with van der Waals surface area (Å²) in [5.74, 6) is -8.40. The Morgan fingerprint density at radius 3 is 1.87 bits per heavy atom. The molecule has 6 amide bonds. The van der Waals surface area contributed by atoms with Crippen LogP contribution < -0.4 is 32.3 Å². The van der Waals surface area contributed by atoms with Gasteiger partial charge in [0.25, 0.3) is 0 Å². The lowest BCUT2D eigenvalue weighted by Gasteiger charge is -2.30. The monoisotopic (exact) mass is 749 g/mol. The fourth-order valence-corrected chi connectivity index (χ4v) is 5.29. The van der Waals surface area contributed by atoms with Gasteiger partial charge in [-0.2, -0.15) is 0 Å². The van der Waals surface area contributed by atoms with E-state index in [-0.39, 0.29) is 25.8 Å². The molecule has 7 atom stereocenters. The number of nitrogens with two attached hydrogens (primary N) is 1. The third-order valence-corrected chi connectivity index (χ3v) is 8.14. The van der Waals surface area contributed by atoms with Crippen LogP contribution in [0.1, 0.15) is 37.6 Å². The maximum Gasteiger partial charge on any atom is 0.326 e. The number of imidazole rings is 2. The van der Waals surface area contributed by atoms with E-state index >= 15 is 0 Å². The topological polar surface area (TPSA) is 364 Å². The summed E-state index contributed by atoms with van der Waals surface area (Å²) in [6.45, 7) is -0.224. The van der Waals surface area contributed by atoms with E-state index in [1.807, 2.05) is 5.32 Å². The van der Waals surface area contributed by atoms with Crippen molar-refractivity contribution in [3.8, 4) is 0 Å². The summed E-state index contributed by atoms with van der Waals surface area (Å²) >= 11 is 0. The van der Waals surface area contributed by atoms with Gasteiger partial charge in [-0.3, -0.25) is 33.6 Å². The maximum absolute atomic E-state index is 13.6. The molecule has 2 aromatic heterocycles. The normalized spacial score (nSPS) is 17.3. The van der Waals surface area contributed by atoms with Gasteiger partial charge in [0.2, 0.25) is 35.4 Å². The number of aliphatic hydroxyl groups excluding tert-OH is 2. The number of aliphatic hydroxyl groups is 2. The van der Waals surface area contributed by atoms with Crippen LogP contribution in [0.5, 0.6) is 0 Å². The van der Waals surface area contributed by atoms with Crippen molar-refractivity contribution in [2.24, 2.45) is 5.73 Å². The van der Waals surface area contributed by atoms with Gasteiger partial charge in [0.15, 0.2) is 0 Å². The highest BCUT2D eigenvalue weighted by Crippen LogP contribution is 2.20. The van der Waals surface area contributed by atoms with Crippen molar-refractivity contribution in [3.63, 3.8) is 0 Å². The molecule has 1 aliphatic heterocycles. The zero-order valence-electron chi connectivity index (χ0n) is 28.5. The minimum absolute atomic E-state index is 0.0378. The second kappa shape index (κ2) is 19.6. The van der Waals surface area contributed by atoms with Crippen LogP contribution in [0.4, 0.5) is 0 Å². The number of nitrogens with zero attached hydrogens (tertiary/aromatic N) is 3. The molecule has 0 unspecified atom stereocenters. The van der Waals surface area contributed by atoms with Crippen LogP contribution in [0.15, 0.2) is 25.0 Å². The van der Waals surface area contributed by atoms with Gasteiger partial charge in [-0.25, -0.2) is 14.8 Å². The van der Waals surface area contributed by atoms with E-state index in [0.29, 0.717) is 17.8 Å². The lowest BCUT2D eigenvalue weighted by Crippen LogP contribution is -2.60. The number of aromatic amines is 2. The number of aliphatic carboxylic acids is 2. The van der Waals surface area contributed by atoms with Crippen LogP contribution in [-0.2, 0) is 51.2 Å². The number of amides is 6. The number of carbonyl (C=O) groups is 8. The molecule has 2 aromatic rings. The zero-order valence-corrected chi connectivity index (χ0v) is 28.5. The van der Waals surface area contributed by atoms with Gasteiger partial charge in [0.1, 0.15) is 42.3 Å². The van der Waals surface area contributed by atoms with Crippen LogP contribution in [0.2, 0.25) is 0 Å². The molecule has 3 heterocycles. The Hall–Kier alpha value is -5.94. The lowest BCUT2D eigenvalue weighted by molar-refractivity contribution is -0.147. The first kappa shape index (κ1) is 41.5. The highest BCUT2D eigenvalue weighted by molar-refractivity contribution is 5.97. The Kier molecular flexibility index (Phi) is 15.3. The number of H-pyrrole nitrogens is 2. The Labute approximate surface area is 300 Å². The van der Waals surface area contributed by atoms with Crippen molar-refractivity contribution < 1.29 is 58.8 Å². The van der Waals surface area contributed by atoms with Crippen LogP contribution in [0.25, 0.3) is 0 Å². The van der Waals surface area contributed by atoms with Crippen molar-refractivity contribution in [2.75, 3.05) is 19.8 Å². The van der Waals surface area contributed by atoms with E-state index in [0.717, 1.165) is 0 Å². The predicted molar refractivity (Wildman–Crippen MR) is 177 cm³/mol. The van der Waals surface area contributed by atoms with Gasteiger partial charge >= 0.3 is 11.9 Å². The number of nitrogens with one attached hydrogen (secondary N) is 7. The van der Waals surface area contributed by atoms with Crippen molar-refractivity contribution in [1.29, 1.82) is 0 Å². The number of carboxylic acid groups (broad SMARTS) is 2. The van der Waals surface area contributed by atoms with Gasteiger partial charge < -0.3 is 67.6 Å². The molecule has 1 aliphatic rings. The minimum atomic E-state index is -1.84. The average Bonchev–Trinajstić information content (AvgIpc) is 3.92. The molecular formula is C30H43N11O12. The minimum Gasteiger partial charge on any atom is -0.481 e. The van der Waals surface area contributed by atoms with Crippen molar-refractivity contribution >= 4 is 47.4 Å². The second-order valence-corrected chi connectivity index (χ2v) is 12.1. The molecule has 0 radical (unpaired) electrons. The Balaban J connectivity index is 1.66. The summed E-state index contributed by atoms with van der Waals surface area (Å²) in [5.41, 5.74) is 6.42. The molecule has 1 saturated heterocycles. The third kappa shape index (κ3) is 12.1. The molecule has 23 heteroatoms. The summed E-state index contributed by atoms with van der Waals surface area (Å²) in [5, 5.41) is 49.1. The van der Waals surface area contributed by atoms with E-state index in [1.165, 1.54) is 36.9 Å². The number of hydrogen-bond donors (Lipinski definition) is 12. The summed E-state index contributed by atoms with van der Waals surface area (Å²) < 4.78 is 0. The van der Waals surface area contributed by atoms with Gasteiger partial charge in [-0.05, 0) is 19.8 Å². The Bertz CT molecular complexity index is 1600. The molecule has 3 rings (SSSR count). The Morgan fingerprint density at radius 2 is 1.34 bits per heavy atom. The van der Waals surface area contributed by atoms with Crippen molar-refractivity contribution in [2.45, 2.75) is 81.3 Å². The number of rotatable bonds is 20. The van der Waals surface area contributed by atoms with Crippen LogP contribution in [-0.4, -0.2) is 155 Å². The largest absolute Gasteiger partial charge is 0.481 e. The SMILES string of the molecule is C[C@H](NC(=O)[C@@H]1CCCN1C(=O)[C@H](Cc1cnc[nH]1)NC(=O)[C@@H](N)CO)C(=O)N[C@@H](CO)C(=O)N[C@@H](Cc1cnc[nH]1)C(=O)N[C@@H](CC(=O)O)C(=O)O. The van der Waals surface area contributed by atoms with Crippen LogP contribution in [0, 0.1) is 0 Å². The molecular weight excluding hydrogens is 706 g/mol. The molecule has 0 aromatic carbocycles. The van der Waals surface area contributed by atoms with Gasteiger partial charge in [-0.15, -0.1) is 0 Å². The fourth-order valence-electron chi connectivity index (χ4n) is 5.29. The van der Waals surface area contributed by atoms with Gasteiger partial charge in [-0.1, -0.05) is 0 Å². The number of carbonyl (C=O) groups excluding carboxylic acids is 6. The predicted octanol–water partition coefficient (Wildman–Crippen LogP) is -5.78. The molecule has 0 bridgehead atoms. The Morgan fingerprint density at radius 1 is 0.792 bits per heavy atom. The molecule has 0 spiro atoms. The molecule has 13 N–H and O–H groups in total. The van der Waals surface area contributed by atoms with E-state index in [9.17, 15) is 53.7 Å². The van der Waals surface area contributed by atoms with Crippen LogP contribution in [0.3, 0.4) is 0 Å². The molecule has 0 saturated carbocycles. The molecule has 1 fully saturated rings. The number of aromatic nitrogens is 4. The smallest absolute Gasteiger partial charge is 0.326 e. The zero-order chi connectivity index (χ0) is 39.2. The van der Waals surface area contributed by atoms with E-state index in [1.54, 1.807) is 0 Å². The highest BCUT2D eigenvalue weighted by atomic mass is 16.4. The standard InChI is InChI=1S/C30H43N11O12/c1-14(36-28(50)22-3-2-4-41(22)29(51)19(6-16-9-33-13-35-16)38-25(47)17(31)10-42)24(46)40-21(11-43)27(49)37-18(5-15-8-32-12-34-15)26(48)39-20(30(52)53)7-23(44)45/h8-9,12-14,17-22,42-43H,2-7,10-11,31H2,1H3,(H,32,34)(H,33,35)(H,36,50)(H,37,49)(H,38,47)(H,39,48)(H,40,46)(H,44,45)(H,52,53)/t14-,17-,18-,19-,20-,21-,22-/m0/s1. The third-order valence-electron chi connectivity index (χ3n) is 8.14. The van der Waals surface area contributed by atoms with E-state index < -0.39 is 109 Å². The number of carboxylic acids is 2. The molecule has 0 aliphatic carbocycles. The number of likely N-dealkylation sites (tertiary alicyclic amines) is 1. The van der Waals surface area contributed by atoms with Crippen molar-refractivity contribution in [1.82, 2.24) is 51.4 Å². The van der Waals surface area contributed by atoms with Crippen molar-refractivity contribution in [3.05, 3.63) is 36.4 Å². The van der Waals surface area contributed by atoms with E-state index in [4.69, 9.17) is 10.8 Å². The first-order chi connectivity index (χ1) is 25.1. The van der Waals surface area contributed by atoms with Crippen LogP contribution >= 0.6 is 0 Å². The highest BCUT2D eigenvalue weighted by Gasteiger charge is 2.39. The quantitative estimate of drug-likeness (QED) is 0.0600. The first-order valence-electron chi connectivity index (χ1n) is 16.3. The summed E-state index contributed by atoms with van der Waals surface area (Å²) in [6.07, 6.45) is 4.76. The van der Waals surface area contributed by atoms with E-state index in [2.05, 4.69) is 41.2 Å².